The third kappa shape index (κ3) is 4.74. The molecule has 1 aliphatic rings. The molecule has 8 heteroatoms. The number of nitrogens with one attached hydrogen (secondary N) is 2. The molecule has 0 atom stereocenters. The molecular formula is C25H21N5O3. The maximum Gasteiger partial charge on any atom is 0.255 e. The smallest absolute Gasteiger partial charge is 0.255 e. The van der Waals surface area contributed by atoms with Gasteiger partial charge in [-0.3, -0.25) is 14.7 Å². The second-order valence-electron chi connectivity index (χ2n) is 7.87. The SMILES string of the molecule is NC(=O)c1ccc(Oc2ccc(C(=O)Nc3cccc(-c4n[nH]c(C5CC5)n4)c3)cc2)cc1. The summed E-state index contributed by atoms with van der Waals surface area (Å²) in [6, 6.07) is 20.8. The van der Waals surface area contributed by atoms with Crippen molar-refractivity contribution in [3.8, 4) is 22.9 Å². The van der Waals surface area contributed by atoms with Crippen LogP contribution in [-0.2, 0) is 0 Å². The van der Waals surface area contributed by atoms with Crippen LogP contribution in [0.25, 0.3) is 11.4 Å². The number of H-pyrrole nitrogens is 1. The van der Waals surface area contributed by atoms with Gasteiger partial charge in [0.2, 0.25) is 5.91 Å². The molecule has 164 valence electrons. The molecule has 1 saturated carbocycles. The Bertz CT molecular complexity index is 1310. The van der Waals surface area contributed by atoms with Crippen LogP contribution in [0.5, 0.6) is 11.5 Å². The van der Waals surface area contributed by atoms with E-state index in [1.165, 1.54) is 0 Å². The first kappa shape index (κ1) is 20.4. The maximum absolute atomic E-state index is 12.7. The van der Waals surface area contributed by atoms with E-state index >= 15 is 0 Å². The molecule has 1 aromatic heterocycles. The van der Waals surface area contributed by atoms with E-state index in [1.54, 1.807) is 48.5 Å². The highest BCUT2D eigenvalue weighted by Crippen LogP contribution is 2.38. The van der Waals surface area contributed by atoms with Crippen LogP contribution in [0.3, 0.4) is 0 Å². The molecule has 4 N–H and O–H groups in total. The summed E-state index contributed by atoms with van der Waals surface area (Å²) in [7, 11) is 0. The van der Waals surface area contributed by atoms with Crippen LogP contribution in [0.1, 0.15) is 45.3 Å². The Kier molecular flexibility index (Phi) is 5.32. The van der Waals surface area contributed by atoms with E-state index in [-0.39, 0.29) is 5.91 Å². The molecule has 1 fully saturated rings. The number of carbonyl (C=O) groups is 2. The molecule has 0 unspecified atom stereocenters. The molecule has 5 rings (SSSR count). The third-order valence-electron chi connectivity index (χ3n) is 5.34. The van der Waals surface area contributed by atoms with Crippen molar-refractivity contribution in [2.24, 2.45) is 5.73 Å². The van der Waals surface area contributed by atoms with E-state index < -0.39 is 5.91 Å². The van der Waals surface area contributed by atoms with Gasteiger partial charge in [0.1, 0.15) is 17.3 Å². The monoisotopic (exact) mass is 439 g/mol. The van der Waals surface area contributed by atoms with Gasteiger partial charge in [-0.05, 0) is 73.5 Å². The summed E-state index contributed by atoms with van der Waals surface area (Å²) in [5.74, 6) is 2.44. The summed E-state index contributed by atoms with van der Waals surface area (Å²) in [6.07, 6.45) is 2.30. The highest BCUT2D eigenvalue weighted by Gasteiger charge is 2.27. The topological polar surface area (TPSA) is 123 Å². The van der Waals surface area contributed by atoms with Crippen molar-refractivity contribution in [2.75, 3.05) is 5.32 Å². The predicted octanol–water partition coefficient (Wildman–Crippen LogP) is 4.49. The third-order valence-corrected chi connectivity index (χ3v) is 5.34. The predicted molar refractivity (Wildman–Crippen MR) is 123 cm³/mol. The van der Waals surface area contributed by atoms with Gasteiger partial charge in [0.05, 0.1) is 0 Å². The van der Waals surface area contributed by atoms with E-state index in [2.05, 4.69) is 20.5 Å². The first-order valence-corrected chi connectivity index (χ1v) is 10.6. The zero-order valence-corrected chi connectivity index (χ0v) is 17.6. The van der Waals surface area contributed by atoms with Gasteiger partial charge in [-0.15, -0.1) is 0 Å². The first-order valence-electron chi connectivity index (χ1n) is 10.6. The Labute approximate surface area is 189 Å². The average molecular weight is 439 g/mol. The Balaban J connectivity index is 1.24. The van der Waals surface area contributed by atoms with Gasteiger partial charge in [0, 0.05) is 28.3 Å². The molecule has 1 aliphatic carbocycles. The number of rotatable bonds is 7. The Morgan fingerprint density at radius 2 is 1.61 bits per heavy atom. The van der Waals surface area contributed by atoms with Gasteiger partial charge < -0.3 is 15.8 Å². The molecule has 0 saturated heterocycles. The summed E-state index contributed by atoms with van der Waals surface area (Å²) in [5.41, 5.74) is 7.63. The summed E-state index contributed by atoms with van der Waals surface area (Å²) < 4.78 is 5.75. The number of aromatic nitrogens is 3. The summed E-state index contributed by atoms with van der Waals surface area (Å²) >= 11 is 0. The highest BCUT2D eigenvalue weighted by molar-refractivity contribution is 6.04. The second-order valence-corrected chi connectivity index (χ2v) is 7.87. The largest absolute Gasteiger partial charge is 0.457 e. The number of primary amides is 1. The van der Waals surface area contributed by atoms with Gasteiger partial charge in [-0.25, -0.2) is 4.98 Å². The molecule has 4 aromatic rings. The van der Waals surface area contributed by atoms with E-state index in [4.69, 9.17) is 10.5 Å². The second kappa shape index (κ2) is 8.58. The molecule has 0 spiro atoms. The quantitative estimate of drug-likeness (QED) is 0.391. The van der Waals surface area contributed by atoms with Crippen molar-refractivity contribution in [3.05, 3.63) is 89.7 Å². The average Bonchev–Trinajstić information content (AvgIpc) is 3.56. The lowest BCUT2D eigenvalue weighted by molar-refractivity contribution is 0.0997. The minimum Gasteiger partial charge on any atom is -0.457 e. The fourth-order valence-electron chi connectivity index (χ4n) is 3.38. The van der Waals surface area contributed by atoms with Gasteiger partial charge in [-0.1, -0.05) is 12.1 Å². The normalized spacial score (nSPS) is 12.8. The lowest BCUT2D eigenvalue weighted by Gasteiger charge is -2.09. The Morgan fingerprint density at radius 3 is 2.24 bits per heavy atom. The van der Waals surface area contributed by atoms with Gasteiger partial charge in [-0.2, -0.15) is 5.10 Å². The van der Waals surface area contributed by atoms with Crippen LogP contribution in [-0.4, -0.2) is 27.0 Å². The van der Waals surface area contributed by atoms with Crippen molar-refractivity contribution in [1.82, 2.24) is 15.2 Å². The summed E-state index contributed by atoms with van der Waals surface area (Å²) in [5, 5.41) is 10.2. The summed E-state index contributed by atoms with van der Waals surface area (Å²) in [4.78, 5) is 28.4. The standard InChI is InChI=1S/C25H21N5O3/c26-22(31)15-6-10-20(11-7-15)33-21-12-8-17(9-13-21)25(32)27-19-3-1-2-18(14-19)24-28-23(29-30-24)16-4-5-16/h1-3,6-14,16H,4-5H2,(H2,26,31)(H,27,32)(H,28,29,30). The zero-order chi connectivity index (χ0) is 22.8. The fourth-order valence-corrected chi connectivity index (χ4v) is 3.38. The number of amides is 2. The maximum atomic E-state index is 12.7. The van der Waals surface area contributed by atoms with Crippen molar-refractivity contribution in [3.63, 3.8) is 0 Å². The first-order chi connectivity index (χ1) is 16.0. The van der Waals surface area contributed by atoms with E-state index in [9.17, 15) is 9.59 Å². The molecule has 0 aliphatic heterocycles. The van der Waals surface area contributed by atoms with Crippen LogP contribution in [0, 0.1) is 0 Å². The molecule has 33 heavy (non-hydrogen) atoms. The number of hydrogen-bond donors (Lipinski definition) is 3. The molecule has 0 bridgehead atoms. The number of ether oxygens (including phenoxy) is 1. The number of nitrogens with two attached hydrogens (primary N) is 1. The summed E-state index contributed by atoms with van der Waals surface area (Å²) in [6.45, 7) is 0. The highest BCUT2D eigenvalue weighted by atomic mass is 16.5. The molecule has 0 radical (unpaired) electrons. The number of benzene rings is 3. The number of carbonyl (C=O) groups excluding carboxylic acids is 2. The number of aromatic amines is 1. The van der Waals surface area contributed by atoms with Crippen molar-refractivity contribution >= 4 is 17.5 Å². The number of nitrogens with zero attached hydrogens (tertiary/aromatic N) is 2. The lowest BCUT2D eigenvalue weighted by Crippen LogP contribution is -2.11. The molecule has 8 nitrogen and oxygen atoms in total. The fraction of sp³-hybridized carbons (Fsp3) is 0.120. The van der Waals surface area contributed by atoms with E-state index in [1.807, 2.05) is 24.3 Å². The van der Waals surface area contributed by atoms with Crippen LogP contribution in [0.2, 0.25) is 0 Å². The minimum atomic E-state index is -0.494. The van der Waals surface area contributed by atoms with Crippen LogP contribution in [0.15, 0.2) is 72.8 Å². The minimum absolute atomic E-state index is 0.238. The van der Waals surface area contributed by atoms with Crippen molar-refractivity contribution in [1.29, 1.82) is 0 Å². The molecular weight excluding hydrogens is 418 g/mol. The zero-order valence-electron chi connectivity index (χ0n) is 17.6. The van der Waals surface area contributed by atoms with Gasteiger partial charge >= 0.3 is 0 Å². The number of hydrogen-bond acceptors (Lipinski definition) is 5. The van der Waals surface area contributed by atoms with Crippen LogP contribution in [0.4, 0.5) is 5.69 Å². The molecule has 3 aromatic carbocycles. The van der Waals surface area contributed by atoms with Gasteiger partial charge in [0.15, 0.2) is 5.82 Å². The lowest BCUT2D eigenvalue weighted by atomic mass is 10.1. The number of anilines is 1. The van der Waals surface area contributed by atoms with Crippen molar-refractivity contribution in [2.45, 2.75) is 18.8 Å². The van der Waals surface area contributed by atoms with E-state index in [0.29, 0.717) is 40.1 Å². The Hall–Kier alpha value is -4.46. The van der Waals surface area contributed by atoms with E-state index in [0.717, 1.165) is 24.2 Å². The van der Waals surface area contributed by atoms with Crippen LogP contribution >= 0.6 is 0 Å². The molecule has 2 amide bonds. The van der Waals surface area contributed by atoms with Crippen LogP contribution < -0.4 is 15.8 Å². The Morgan fingerprint density at radius 1 is 0.939 bits per heavy atom. The van der Waals surface area contributed by atoms with Gasteiger partial charge in [0.25, 0.3) is 5.91 Å². The van der Waals surface area contributed by atoms with Crippen molar-refractivity contribution < 1.29 is 14.3 Å². The molecule has 1 heterocycles.